The van der Waals surface area contributed by atoms with Crippen molar-refractivity contribution < 1.29 is 14.4 Å². The molecule has 6 nitrogen and oxygen atoms in total. The van der Waals surface area contributed by atoms with Crippen molar-refractivity contribution >= 4 is 46.4 Å². The molecule has 7 heteroatoms. The van der Waals surface area contributed by atoms with E-state index in [9.17, 15) is 14.4 Å². The molecule has 3 aromatic carbocycles. The van der Waals surface area contributed by atoms with Crippen molar-refractivity contribution in [3.63, 3.8) is 0 Å². The number of hydrogen-bond donors (Lipinski definition) is 2. The van der Waals surface area contributed by atoms with E-state index < -0.39 is 11.8 Å². The number of anilines is 3. The van der Waals surface area contributed by atoms with Crippen molar-refractivity contribution in [1.82, 2.24) is 0 Å². The zero-order valence-electron chi connectivity index (χ0n) is 18.4. The summed E-state index contributed by atoms with van der Waals surface area (Å²) in [6.07, 6.45) is 0. The topological polar surface area (TPSA) is 78.5 Å². The predicted octanol–water partition coefficient (Wildman–Crippen LogP) is 5.30. The monoisotopic (exact) mass is 459 g/mol. The van der Waals surface area contributed by atoms with Crippen molar-refractivity contribution in [2.45, 2.75) is 20.8 Å². The molecular formula is C26H22ClN3O3. The molecule has 0 saturated heterocycles. The van der Waals surface area contributed by atoms with Gasteiger partial charge in [0.2, 0.25) is 0 Å². The van der Waals surface area contributed by atoms with Crippen LogP contribution >= 0.6 is 11.6 Å². The average molecular weight is 460 g/mol. The van der Waals surface area contributed by atoms with Crippen LogP contribution in [0.5, 0.6) is 0 Å². The largest absolute Gasteiger partial charge is 0.350 e. The Morgan fingerprint density at radius 1 is 0.818 bits per heavy atom. The average Bonchev–Trinajstić information content (AvgIpc) is 3.01. The van der Waals surface area contributed by atoms with E-state index in [-0.39, 0.29) is 16.6 Å². The van der Waals surface area contributed by atoms with Crippen molar-refractivity contribution in [2.24, 2.45) is 0 Å². The second kappa shape index (κ2) is 8.92. The van der Waals surface area contributed by atoms with Gasteiger partial charge in [0.05, 0.1) is 5.69 Å². The normalized spacial score (nSPS) is 13.5. The van der Waals surface area contributed by atoms with Crippen LogP contribution in [0, 0.1) is 20.8 Å². The van der Waals surface area contributed by atoms with E-state index in [1.54, 1.807) is 36.4 Å². The van der Waals surface area contributed by atoms with E-state index in [1.807, 2.05) is 51.1 Å². The maximum absolute atomic E-state index is 13.0. The quantitative estimate of drug-likeness (QED) is 0.507. The first-order valence-corrected chi connectivity index (χ1v) is 10.7. The summed E-state index contributed by atoms with van der Waals surface area (Å²) in [5.41, 5.74) is 5.16. The lowest BCUT2D eigenvalue weighted by atomic mass is 10.1. The third-order valence-electron chi connectivity index (χ3n) is 5.59. The third kappa shape index (κ3) is 4.38. The molecule has 166 valence electrons. The van der Waals surface area contributed by atoms with Crippen molar-refractivity contribution in [1.29, 1.82) is 0 Å². The van der Waals surface area contributed by atoms with Gasteiger partial charge in [-0.15, -0.1) is 0 Å². The van der Waals surface area contributed by atoms with E-state index >= 15 is 0 Å². The number of rotatable bonds is 5. The molecule has 3 amide bonds. The van der Waals surface area contributed by atoms with Crippen LogP contribution < -0.4 is 15.5 Å². The number of aryl methyl sites for hydroxylation is 3. The van der Waals surface area contributed by atoms with Crippen LogP contribution in [0.25, 0.3) is 0 Å². The zero-order chi connectivity index (χ0) is 23.7. The highest BCUT2D eigenvalue weighted by Gasteiger charge is 2.39. The Kier molecular flexibility index (Phi) is 6.03. The number of hydrogen-bond acceptors (Lipinski definition) is 4. The molecule has 2 N–H and O–H groups in total. The van der Waals surface area contributed by atoms with Gasteiger partial charge in [-0.2, -0.15) is 0 Å². The van der Waals surface area contributed by atoms with Crippen LogP contribution in [-0.2, 0) is 9.59 Å². The fourth-order valence-corrected chi connectivity index (χ4v) is 3.68. The third-order valence-corrected chi connectivity index (χ3v) is 5.94. The van der Waals surface area contributed by atoms with E-state index in [0.29, 0.717) is 16.9 Å². The number of imide groups is 1. The van der Waals surface area contributed by atoms with Crippen LogP contribution in [-0.4, -0.2) is 17.7 Å². The summed E-state index contributed by atoms with van der Waals surface area (Å²) < 4.78 is 0. The fourth-order valence-electron chi connectivity index (χ4n) is 3.47. The Balaban J connectivity index is 1.50. The lowest BCUT2D eigenvalue weighted by molar-refractivity contribution is -0.120. The Bertz CT molecular complexity index is 1310. The molecule has 4 rings (SSSR count). The van der Waals surface area contributed by atoms with Gasteiger partial charge in [0.1, 0.15) is 10.7 Å². The SMILES string of the molecule is Cc1ccc(N2C(=O)C(Cl)=C(Nc3ccc(C(=O)Nc4ccccc4C)cc3)C2=O)cc1C. The standard InChI is InChI=1S/C26H22ClN3O3/c1-15-8-13-20(14-17(15)3)30-25(32)22(27)23(26(30)33)28-19-11-9-18(10-12-19)24(31)29-21-7-5-4-6-16(21)2/h4-14,28H,1-3H3,(H,29,31). The molecule has 0 atom stereocenters. The lowest BCUT2D eigenvalue weighted by Crippen LogP contribution is -2.32. The van der Waals surface area contributed by atoms with Crippen LogP contribution in [0.15, 0.2) is 77.5 Å². The van der Waals surface area contributed by atoms with Crippen molar-refractivity contribution in [2.75, 3.05) is 15.5 Å². The summed E-state index contributed by atoms with van der Waals surface area (Å²) in [7, 11) is 0. The van der Waals surface area contributed by atoms with Gasteiger partial charge in [0, 0.05) is 16.9 Å². The molecule has 0 unspecified atom stereocenters. The minimum atomic E-state index is -0.582. The van der Waals surface area contributed by atoms with Crippen LogP contribution in [0.3, 0.4) is 0 Å². The molecule has 0 radical (unpaired) electrons. The Hall–Kier alpha value is -3.90. The molecule has 1 aliphatic heterocycles. The highest BCUT2D eigenvalue weighted by Crippen LogP contribution is 2.31. The zero-order valence-corrected chi connectivity index (χ0v) is 19.2. The first-order chi connectivity index (χ1) is 15.8. The summed E-state index contributed by atoms with van der Waals surface area (Å²) in [4.78, 5) is 39.3. The van der Waals surface area contributed by atoms with E-state index in [1.165, 1.54) is 0 Å². The fraction of sp³-hybridized carbons (Fsp3) is 0.115. The summed E-state index contributed by atoms with van der Waals surface area (Å²) in [6.45, 7) is 5.78. The van der Waals surface area contributed by atoms with Crippen molar-refractivity contribution in [3.8, 4) is 0 Å². The number of para-hydroxylation sites is 1. The Labute approximate surface area is 196 Å². The molecule has 0 fully saturated rings. The minimum Gasteiger partial charge on any atom is -0.350 e. The summed E-state index contributed by atoms with van der Waals surface area (Å²) >= 11 is 6.22. The number of halogens is 1. The molecule has 0 spiro atoms. The molecule has 1 aliphatic rings. The van der Waals surface area contributed by atoms with Gasteiger partial charge < -0.3 is 10.6 Å². The number of nitrogens with one attached hydrogen (secondary N) is 2. The first-order valence-electron chi connectivity index (χ1n) is 10.4. The van der Waals surface area contributed by atoms with Gasteiger partial charge >= 0.3 is 0 Å². The number of nitrogens with zero attached hydrogens (tertiary/aromatic N) is 1. The number of benzene rings is 3. The highest BCUT2D eigenvalue weighted by molar-refractivity contribution is 6.53. The highest BCUT2D eigenvalue weighted by atomic mass is 35.5. The van der Waals surface area contributed by atoms with Crippen LogP contribution in [0.1, 0.15) is 27.0 Å². The molecule has 0 bridgehead atoms. The summed E-state index contributed by atoms with van der Waals surface area (Å²) in [5, 5.41) is 5.62. The molecule has 0 aromatic heterocycles. The smallest absolute Gasteiger partial charge is 0.283 e. The van der Waals surface area contributed by atoms with E-state index in [4.69, 9.17) is 11.6 Å². The number of carbonyl (C=O) groups excluding carboxylic acids is 3. The molecule has 33 heavy (non-hydrogen) atoms. The minimum absolute atomic E-state index is 0.00277. The second-order valence-electron chi connectivity index (χ2n) is 7.87. The number of amides is 3. The van der Waals surface area contributed by atoms with Gasteiger partial charge in [-0.1, -0.05) is 35.9 Å². The van der Waals surface area contributed by atoms with Gasteiger partial charge in [0.25, 0.3) is 17.7 Å². The molecular weight excluding hydrogens is 438 g/mol. The lowest BCUT2D eigenvalue weighted by Gasteiger charge is -2.16. The van der Waals surface area contributed by atoms with Crippen molar-refractivity contribution in [3.05, 3.63) is 99.7 Å². The molecule has 0 saturated carbocycles. The Morgan fingerprint density at radius 2 is 1.52 bits per heavy atom. The molecule has 1 heterocycles. The van der Waals surface area contributed by atoms with E-state index in [2.05, 4.69) is 10.6 Å². The second-order valence-corrected chi connectivity index (χ2v) is 8.25. The van der Waals surface area contributed by atoms with E-state index in [0.717, 1.165) is 27.3 Å². The maximum Gasteiger partial charge on any atom is 0.283 e. The molecule has 0 aliphatic carbocycles. The predicted molar refractivity (Wildman–Crippen MR) is 130 cm³/mol. The van der Waals surface area contributed by atoms with Gasteiger partial charge in [0.15, 0.2) is 0 Å². The van der Waals surface area contributed by atoms with Crippen LogP contribution in [0.2, 0.25) is 0 Å². The maximum atomic E-state index is 13.0. The van der Waals surface area contributed by atoms with Gasteiger partial charge in [-0.25, -0.2) is 4.90 Å². The molecule has 3 aromatic rings. The Morgan fingerprint density at radius 3 is 2.18 bits per heavy atom. The first kappa shape index (κ1) is 22.3. The van der Waals surface area contributed by atoms with Gasteiger partial charge in [-0.3, -0.25) is 14.4 Å². The summed E-state index contributed by atoms with van der Waals surface area (Å²) in [6, 6.07) is 19.4. The number of carbonyl (C=O) groups is 3. The van der Waals surface area contributed by atoms with Gasteiger partial charge in [-0.05, 0) is 79.9 Å². The van der Waals surface area contributed by atoms with Crippen LogP contribution in [0.4, 0.5) is 17.1 Å². The summed E-state index contributed by atoms with van der Waals surface area (Å²) in [5.74, 6) is -1.36.